The maximum atomic E-state index is 12.7. The quantitative estimate of drug-likeness (QED) is 0.455. The fourth-order valence-electron chi connectivity index (χ4n) is 2.71. The number of phenols is 2. The molecule has 0 amide bonds. The zero-order valence-corrected chi connectivity index (χ0v) is 15.1. The van der Waals surface area contributed by atoms with Gasteiger partial charge in [-0.15, -0.1) is 0 Å². The number of methoxy groups -OCH3 is 2. The summed E-state index contributed by atoms with van der Waals surface area (Å²) in [6.07, 6.45) is 0. The Balaban J connectivity index is 2.40. The van der Waals surface area contributed by atoms with Gasteiger partial charge in [-0.2, -0.15) is 0 Å². The molecule has 28 heavy (non-hydrogen) atoms. The molecule has 1 heterocycles. The first-order valence-corrected chi connectivity index (χ1v) is 7.94. The third-order valence-electron chi connectivity index (χ3n) is 3.95. The molecule has 1 aromatic heterocycles. The lowest BCUT2D eigenvalue weighted by Gasteiger charge is -2.13. The summed E-state index contributed by atoms with van der Waals surface area (Å²) < 4.78 is 20.8. The molecular weight excluding hydrogens is 372 g/mol. The summed E-state index contributed by atoms with van der Waals surface area (Å²) in [6.45, 7) is 1.14. The van der Waals surface area contributed by atoms with Crippen LogP contribution in [0.25, 0.3) is 22.3 Å². The second-order valence-corrected chi connectivity index (χ2v) is 5.72. The Kier molecular flexibility index (Phi) is 4.74. The first kappa shape index (κ1) is 18.9. The number of fused-ring (bicyclic) bond motifs is 1. The van der Waals surface area contributed by atoms with E-state index in [1.807, 2.05) is 0 Å². The van der Waals surface area contributed by atoms with E-state index in [0.717, 1.165) is 13.0 Å². The van der Waals surface area contributed by atoms with Gasteiger partial charge in [-0.05, 0) is 18.2 Å². The van der Waals surface area contributed by atoms with Crippen molar-refractivity contribution in [1.82, 2.24) is 0 Å². The number of hydrogen-bond acceptors (Lipinski definition) is 9. The van der Waals surface area contributed by atoms with Gasteiger partial charge in [0, 0.05) is 18.6 Å². The average molecular weight is 388 g/mol. The Morgan fingerprint density at radius 2 is 1.68 bits per heavy atom. The lowest BCUT2D eigenvalue weighted by Crippen LogP contribution is -2.08. The molecule has 0 saturated heterocycles. The molecule has 3 rings (SSSR count). The van der Waals surface area contributed by atoms with Crippen LogP contribution in [0.5, 0.6) is 34.5 Å². The number of phenolic OH excluding ortho intramolecular Hbond substituents is 2. The molecule has 9 nitrogen and oxygen atoms in total. The molecule has 3 N–H and O–H groups in total. The van der Waals surface area contributed by atoms with Gasteiger partial charge in [0.1, 0.15) is 11.1 Å². The second-order valence-electron chi connectivity index (χ2n) is 5.72. The molecule has 2 aromatic carbocycles. The van der Waals surface area contributed by atoms with Crippen molar-refractivity contribution in [3.05, 3.63) is 34.5 Å². The summed E-state index contributed by atoms with van der Waals surface area (Å²) in [5.41, 5.74) is -1.12. The topological polar surface area (TPSA) is 136 Å². The van der Waals surface area contributed by atoms with Crippen molar-refractivity contribution in [1.29, 1.82) is 0 Å². The van der Waals surface area contributed by atoms with E-state index in [1.54, 1.807) is 0 Å². The molecule has 0 radical (unpaired) electrons. The smallest absolute Gasteiger partial charge is 0.308 e. The maximum Gasteiger partial charge on any atom is 0.308 e. The summed E-state index contributed by atoms with van der Waals surface area (Å²) in [4.78, 5) is 24.1. The normalized spacial score (nSPS) is 10.7. The molecule has 0 unspecified atom stereocenters. The van der Waals surface area contributed by atoms with Crippen LogP contribution in [-0.4, -0.2) is 35.5 Å². The van der Waals surface area contributed by atoms with E-state index >= 15 is 0 Å². The monoisotopic (exact) mass is 388 g/mol. The Morgan fingerprint density at radius 1 is 1.00 bits per heavy atom. The van der Waals surface area contributed by atoms with E-state index in [2.05, 4.69) is 0 Å². The van der Waals surface area contributed by atoms with Gasteiger partial charge in [0.25, 0.3) is 0 Å². The zero-order valence-electron chi connectivity index (χ0n) is 15.1. The van der Waals surface area contributed by atoms with Crippen LogP contribution in [0.3, 0.4) is 0 Å². The highest BCUT2D eigenvalue weighted by Gasteiger charge is 2.25. The van der Waals surface area contributed by atoms with Gasteiger partial charge in [-0.3, -0.25) is 9.59 Å². The fourth-order valence-corrected chi connectivity index (χ4v) is 2.71. The zero-order chi connectivity index (χ0) is 20.6. The summed E-state index contributed by atoms with van der Waals surface area (Å²) in [6, 6.07) is 5.13. The van der Waals surface area contributed by atoms with Crippen LogP contribution in [0, 0.1) is 0 Å². The van der Waals surface area contributed by atoms with E-state index in [1.165, 1.54) is 32.4 Å². The van der Waals surface area contributed by atoms with Crippen molar-refractivity contribution in [3.8, 4) is 45.8 Å². The number of rotatable bonds is 4. The summed E-state index contributed by atoms with van der Waals surface area (Å²) in [7, 11) is 2.64. The van der Waals surface area contributed by atoms with Crippen molar-refractivity contribution < 1.29 is 38.7 Å². The third-order valence-corrected chi connectivity index (χ3v) is 3.95. The van der Waals surface area contributed by atoms with Gasteiger partial charge >= 0.3 is 5.97 Å². The predicted octanol–water partition coefficient (Wildman–Crippen LogP) is 2.52. The first-order valence-electron chi connectivity index (χ1n) is 7.94. The molecule has 0 aliphatic carbocycles. The minimum atomic E-state index is -0.958. The van der Waals surface area contributed by atoms with Gasteiger partial charge in [0.05, 0.1) is 14.2 Å². The molecular formula is C19H16O9. The maximum absolute atomic E-state index is 12.7. The SMILES string of the molecule is COc1ccc(-c2oc3c(OC(C)=O)c(OC)cc(O)c3c(=O)c2O)cc1O. The molecule has 146 valence electrons. The number of benzene rings is 2. The molecule has 3 aromatic rings. The van der Waals surface area contributed by atoms with Crippen molar-refractivity contribution >= 4 is 16.9 Å². The Hall–Kier alpha value is -3.88. The van der Waals surface area contributed by atoms with Crippen LogP contribution in [0.2, 0.25) is 0 Å². The second kappa shape index (κ2) is 7.03. The lowest BCUT2D eigenvalue weighted by molar-refractivity contribution is -0.131. The van der Waals surface area contributed by atoms with Gasteiger partial charge in [0.15, 0.2) is 28.6 Å². The number of aromatic hydroxyl groups is 3. The van der Waals surface area contributed by atoms with Crippen molar-refractivity contribution in [3.63, 3.8) is 0 Å². The van der Waals surface area contributed by atoms with Crippen molar-refractivity contribution in [2.24, 2.45) is 0 Å². The van der Waals surface area contributed by atoms with E-state index < -0.39 is 28.3 Å². The van der Waals surface area contributed by atoms with E-state index in [4.69, 9.17) is 18.6 Å². The van der Waals surface area contributed by atoms with Crippen LogP contribution in [0.4, 0.5) is 0 Å². The van der Waals surface area contributed by atoms with E-state index in [9.17, 15) is 24.9 Å². The Bertz CT molecular complexity index is 1140. The van der Waals surface area contributed by atoms with Crippen LogP contribution < -0.4 is 19.6 Å². The predicted molar refractivity (Wildman–Crippen MR) is 97.3 cm³/mol. The Morgan fingerprint density at radius 3 is 2.25 bits per heavy atom. The largest absolute Gasteiger partial charge is 0.507 e. The van der Waals surface area contributed by atoms with Crippen LogP contribution in [0.1, 0.15) is 6.92 Å². The fraction of sp³-hybridized carbons (Fsp3) is 0.158. The molecule has 9 heteroatoms. The standard InChI is InChI=1S/C19H16O9/c1-8(20)27-18-13(26-3)7-11(22)14-15(23)16(24)17(28-19(14)18)9-4-5-12(25-2)10(21)6-9/h4-7,21-22,24H,1-3H3. The lowest BCUT2D eigenvalue weighted by atomic mass is 10.1. The molecule has 0 atom stereocenters. The summed E-state index contributed by atoms with van der Waals surface area (Å²) >= 11 is 0. The molecule has 0 aliphatic heterocycles. The third kappa shape index (κ3) is 3.02. The number of carbonyl (C=O) groups is 1. The molecule has 0 spiro atoms. The minimum absolute atomic E-state index is 0.0578. The Labute approximate surface area is 157 Å². The van der Waals surface area contributed by atoms with Crippen molar-refractivity contribution in [2.45, 2.75) is 6.92 Å². The number of hydrogen-bond donors (Lipinski definition) is 3. The van der Waals surface area contributed by atoms with Gasteiger partial charge in [-0.1, -0.05) is 0 Å². The number of esters is 1. The molecule has 0 fully saturated rings. The van der Waals surface area contributed by atoms with Gasteiger partial charge < -0.3 is 33.9 Å². The van der Waals surface area contributed by atoms with Crippen molar-refractivity contribution in [2.75, 3.05) is 14.2 Å². The van der Waals surface area contributed by atoms with E-state index in [0.29, 0.717) is 0 Å². The van der Waals surface area contributed by atoms with Crippen LogP contribution >= 0.6 is 0 Å². The average Bonchev–Trinajstić information content (AvgIpc) is 2.65. The number of carbonyl (C=O) groups excluding carboxylic acids is 1. The van der Waals surface area contributed by atoms with Crippen LogP contribution in [0.15, 0.2) is 33.5 Å². The van der Waals surface area contributed by atoms with Gasteiger partial charge in [0.2, 0.25) is 16.9 Å². The highest BCUT2D eigenvalue weighted by atomic mass is 16.6. The minimum Gasteiger partial charge on any atom is -0.507 e. The summed E-state index contributed by atoms with van der Waals surface area (Å²) in [5.74, 6) is -2.73. The highest BCUT2D eigenvalue weighted by molar-refractivity contribution is 5.94. The molecule has 0 aliphatic rings. The summed E-state index contributed by atoms with van der Waals surface area (Å²) in [5, 5.41) is 30.1. The van der Waals surface area contributed by atoms with E-state index in [-0.39, 0.29) is 39.9 Å². The molecule has 0 bridgehead atoms. The van der Waals surface area contributed by atoms with Gasteiger partial charge in [-0.25, -0.2) is 0 Å². The van der Waals surface area contributed by atoms with Crippen LogP contribution in [-0.2, 0) is 4.79 Å². The molecule has 0 saturated carbocycles. The first-order chi connectivity index (χ1) is 13.3. The number of ether oxygens (including phenoxy) is 3. The highest BCUT2D eigenvalue weighted by Crippen LogP contribution is 2.43.